The number of ether oxygens (including phenoxy) is 2. The maximum absolute atomic E-state index is 12.9. The maximum Gasteiger partial charge on any atom is 0.266 e. The van der Waals surface area contributed by atoms with Gasteiger partial charge in [-0.25, -0.2) is 0 Å². The summed E-state index contributed by atoms with van der Waals surface area (Å²) >= 11 is 13.2. The van der Waals surface area contributed by atoms with E-state index in [0.29, 0.717) is 37.9 Å². The van der Waals surface area contributed by atoms with E-state index in [1.807, 2.05) is 0 Å². The Balaban J connectivity index is 1.86. The van der Waals surface area contributed by atoms with Crippen molar-refractivity contribution in [1.29, 1.82) is 0 Å². The van der Waals surface area contributed by atoms with Crippen molar-refractivity contribution < 1.29 is 14.3 Å². The zero-order valence-electron chi connectivity index (χ0n) is 15.2. The molecule has 1 aliphatic heterocycles. The smallest absolute Gasteiger partial charge is 0.266 e. The second kappa shape index (κ2) is 9.13. The normalized spacial score (nSPS) is 19.6. The number of hydrogen-bond donors (Lipinski definition) is 0. The number of hydrogen-bond acceptors (Lipinski definition) is 5. The first-order chi connectivity index (χ1) is 13.0. The van der Waals surface area contributed by atoms with Crippen LogP contribution in [0, 0.1) is 0 Å². The molecule has 1 saturated carbocycles. The number of rotatable bonds is 6. The number of benzene rings is 1. The average molecular weight is 424 g/mol. The van der Waals surface area contributed by atoms with Crippen LogP contribution in [0.25, 0.3) is 6.08 Å². The number of thiocarbonyl (C=S) groups is 1. The van der Waals surface area contributed by atoms with Gasteiger partial charge in [0.1, 0.15) is 10.9 Å². The van der Waals surface area contributed by atoms with Crippen molar-refractivity contribution in [2.75, 3.05) is 13.7 Å². The maximum atomic E-state index is 12.9. The second-order valence-corrected chi connectivity index (χ2v) is 8.55. The van der Waals surface area contributed by atoms with Crippen LogP contribution >= 0.6 is 35.6 Å². The van der Waals surface area contributed by atoms with Gasteiger partial charge in [-0.3, -0.25) is 9.69 Å². The zero-order chi connectivity index (χ0) is 19.4. The molecule has 1 amide bonds. The van der Waals surface area contributed by atoms with Gasteiger partial charge in [0.25, 0.3) is 5.91 Å². The van der Waals surface area contributed by atoms with Gasteiger partial charge in [0.2, 0.25) is 0 Å². The van der Waals surface area contributed by atoms with E-state index in [2.05, 4.69) is 6.58 Å². The summed E-state index contributed by atoms with van der Waals surface area (Å²) in [6.45, 7) is 3.99. The van der Waals surface area contributed by atoms with Crippen LogP contribution in [0.1, 0.15) is 37.7 Å². The lowest BCUT2D eigenvalue weighted by Gasteiger charge is -2.29. The van der Waals surface area contributed by atoms with Crippen LogP contribution < -0.4 is 9.47 Å². The Morgan fingerprint density at radius 2 is 2.07 bits per heavy atom. The number of halogens is 1. The minimum absolute atomic E-state index is 0.0288. The van der Waals surface area contributed by atoms with Crippen LogP contribution in [-0.4, -0.2) is 34.9 Å². The molecule has 1 saturated heterocycles. The number of methoxy groups -OCH3 is 1. The summed E-state index contributed by atoms with van der Waals surface area (Å²) in [5.74, 6) is 1.06. The van der Waals surface area contributed by atoms with E-state index in [-0.39, 0.29) is 11.9 Å². The van der Waals surface area contributed by atoms with Crippen LogP contribution in [0.3, 0.4) is 0 Å². The van der Waals surface area contributed by atoms with E-state index >= 15 is 0 Å². The third kappa shape index (κ3) is 4.50. The Labute approximate surface area is 174 Å². The number of thioether (sulfide) groups is 1. The fourth-order valence-corrected chi connectivity index (χ4v) is 4.96. The predicted molar refractivity (Wildman–Crippen MR) is 116 cm³/mol. The summed E-state index contributed by atoms with van der Waals surface area (Å²) in [6.07, 6.45) is 9.00. The highest BCUT2D eigenvalue weighted by atomic mass is 35.5. The molecule has 2 fully saturated rings. The molecule has 0 unspecified atom stereocenters. The lowest BCUT2D eigenvalue weighted by Crippen LogP contribution is -2.39. The van der Waals surface area contributed by atoms with Gasteiger partial charge in [-0.2, -0.15) is 0 Å². The van der Waals surface area contributed by atoms with Crippen LogP contribution in [0.2, 0.25) is 5.02 Å². The first-order valence-electron chi connectivity index (χ1n) is 8.93. The Hall–Kier alpha value is -1.50. The quantitative estimate of drug-likeness (QED) is 0.345. The van der Waals surface area contributed by atoms with Crippen molar-refractivity contribution in [3.05, 3.63) is 40.3 Å². The van der Waals surface area contributed by atoms with Crippen LogP contribution in [0.15, 0.2) is 29.7 Å². The number of amides is 1. The Morgan fingerprint density at radius 3 is 2.74 bits per heavy atom. The third-order valence-corrected chi connectivity index (χ3v) is 6.35. The molecule has 7 heteroatoms. The molecule has 0 N–H and O–H groups in total. The van der Waals surface area contributed by atoms with E-state index < -0.39 is 0 Å². The molecule has 1 aromatic carbocycles. The van der Waals surface area contributed by atoms with Gasteiger partial charge in [-0.05, 0) is 30.5 Å². The Morgan fingerprint density at radius 1 is 1.33 bits per heavy atom. The number of nitrogens with zero attached hydrogens (tertiary/aromatic N) is 1. The van der Waals surface area contributed by atoms with Gasteiger partial charge in [-0.1, -0.05) is 67.5 Å². The molecule has 0 radical (unpaired) electrons. The SMILES string of the molecule is C=CCOc1cc(Cl)c(/C=C2/SC(=S)N(C3CCCCC3)C2=O)cc1OC. The molecule has 144 valence electrons. The minimum atomic E-state index is -0.0288. The molecule has 0 aromatic heterocycles. The molecule has 3 rings (SSSR count). The van der Waals surface area contributed by atoms with E-state index in [9.17, 15) is 4.79 Å². The summed E-state index contributed by atoms with van der Waals surface area (Å²) in [5.41, 5.74) is 0.698. The summed E-state index contributed by atoms with van der Waals surface area (Å²) in [4.78, 5) is 15.3. The summed E-state index contributed by atoms with van der Waals surface area (Å²) < 4.78 is 11.6. The van der Waals surface area contributed by atoms with Gasteiger partial charge in [-0.15, -0.1) is 0 Å². The van der Waals surface area contributed by atoms with Crippen molar-refractivity contribution in [1.82, 2.24) is 4.90 Å². The summed E-state index contributed by atoms with van der Waals surface area (Å²) in [6, 6.07) is 3.68. The van der Waals surface area contributed by atoms with Gasteiger partial charge in [0.05, 0.1) is 17.0 Å². The molecule has 0 atom stereocenters. The Kier molecular flexibility index (Phi) is 6.84. The first kappa shape index (κ1) is 20.2. The van der Waals surface area contributed by atoms with Crippen LogP contribution in [0.4, 0.5) is 0 Å². The van der Waals surface area contributed by atoms with Gasteiger partial charge < -0.3 is 9.47 Å². The summed E-state index contributed by atoms with van der Waals surface area (Å²) in [5, 5.41) is 0.484. The molecule has 0 spiro atoms. The molecule has 0 bridgehead atoms. The molecular formula is C20H22ClNO3S2. The molecule has 1 aromatic rings. The molecular weight excluding hydrogens is 402 g/mol. The highest BCUT2D eigenvalue weighted by Crippen LogP contribution is 2.40. The third-order valence-electron chi connectivity index (χ3n) is 4.69. The van der Waals surface area contributed by atoms with E-state index in [4.69, 9.17) is 33.3 Å². The lowest BCUT2D eigenvalue weighted by atomic mass is 9.94. The lowest BCUT2D eigenvalue weighted by molar-refractivity contribution is -0.124. The predicted octanol–water partition coefficient (Wildman–Crippen LogP) is 5.45. The molecule has 1 aliphatic carbocycles. The van der Waals surface area contributed by atoms with E-state index in [1.54, 1.807) is 36.3 Å². The minimum Gasteiger partial charge on any atom is -0.493 e. The highest BCUT2D eigenvalue weighted by molar-refractivity contribution is 8.26. The number of carbonyl (C=O) groups excluding carboxylic acids is 1. The van der Waals surface area contributed by atoms with Crippen LogP contribution in [0.5, 0.6) is 11.5 Å². The number of carbonyl (C=O) groups is 1. The largest absolute Gasteiger partial charge is 0.493 e. The monoisotopic (exact) mass is 423 g/mol. The average Bonchev–Trinajstić information content (AvgIpc) is 2.95. The van der Waals surface area contributed by atoms with Gasteiger partial charge >= 0.3 is 0 Å². The first-order valence-corrected chi connectivity index (χ1v) is 10.5. The fraction of sp³-hybridized carbons (Fsp3) is 0.400. The standard InChI is InChI=1S/C20H22ClNO3S2/c1-3-9-25-17-12-15(21)13(10-16(17)24-2)11-18-19(23)22(20(26)27-18)14-7-5-4-6-8-14/h3,10-12,14H,1,4-9H2,2H3/b18-11+. The van der Waals surface area contributed by atoms with E-state index in [1.165, 1.54) is 18.2 Å². The van der Waals surface area contributed by atoms with Crippen molar-refractivity contribution in [3.8, 4) is 11.5 Å². The fourth-order valence-electron chi connectivity index (χ4n) is 3.36. The highest BCUT2D eigenvalue weighted by Gasteiger charge is 2.37. The molecule has 4 nitrogen and oxygen atoms in total. The second-order valence-electron chi connectivity index (χ2n) is 6.47. The van der Waals surface area contributed by atoms with Crippen LogP contribution in [-0.2, 0) is 4.79 Å². The van der Waals surface area contributed by atoms with Gasteiger partial charge in [0.15, 0.2) is 11.5 Å². The summed E-state index contributed by atoms with van der Waals surface area (Å²) in [7, 11) is 1.57. The van der Waals surface area contributed by atoms with Crippen molar-refractivity contribution in [2.24, 2.45) is 0 Å². The van der Waals surface area contributed by atoms with Crippen molar-refractivity contribution >= 4 is 51.9 Å². The Bertz CT molecular complexity index is 788. The topological polar surface area (TPSA) is 38.8 Å². The van der Waals surface area contributed by atoms with E-state index in [0.717, 1.165) is 25.7 Å². The van der Waals surface area contributed by atoms with Crippen molar-refractivity contribution in [3.63, 3.8) is 0 Å². The molecule has 1 heterocycles. The molecule has 27 heavy (non-hydrogen) atoms. The van der Waals surface area contributed by atoms with Gasteiger partial charge in [0, 0.05) is 12.1 Å². The van der Waals surface area contributed by atoms with Crippen molar-refractivity contribution in [2.45, 2.75) is 38.1 Å². The molecule has 2 aliphatic rings. The zero-order valence-corrected chi connectivity index (χ0v) is 17.6.